The van der Waals surface area contributed by atoms with Crippen molar-refractivity contribution in [2.24, 2.45) is 11.8 Å². The van der Waals surface area contributed by atoms with E-state index in [0.717, 1.165) is 31.7 Å². The van der Waals surface area contributed by atoms with Crippen LogP contribution in [0.5, 0.6) is 5.75 Å². The van der Waals surface area contributed by atoms with E-state index in [1.54, 1.807) is 11.7 Å². The minimum absolute atomic E-state index is 0.0957. The third-order valence-corrected chi connectivity index (χ3v) is 5.91. The van der Waals surface area contributed by atoms with E-state index in [1.807, 2.05) is 29.2 Å². The van der Waals surface area contributed by atoms with Gasteiger partial charge in [-0.2, -0.15) is 0 Å². The van der Waals surface area contributed by atoms with Gasteiger partial charge in [-0.25, -0.2) is 0 Å². The summed E-state index contributed by atoms with van der Waals surface area (Å²) in [6.45, 7) is 1.58. The molecule has 4 rings (SSSR count). The topological polar surface area (TPSA) is 42.4 Å². The summed E-state index contributed by atoms with van der Waals surface area (Å²) in [6.07, 6.45) is 3.92. The number of nitrogens with zero attached hydrogens (tertiary/aromatic N) is 2. The molecule has 120 valence electrons. The number of carbonyl (C=O) groups is 1. The highest BCUT2D eigenvalue weighted by Gasteiger charge is 2.45. The van der Waals surface area contributed by atoms with Crippen molar-refractivity contribution in [3.63, 3.8) is 0 Å². The van der Waals surface area contributed by atoms with Gasteiger partial charge in [0.1, 0.15) is 16.7 Å². The van der Waals surface area contributed by atoms with Crippen LogP contribution in [0.3, 0.4) is 0 Å². The highest BCUT2D eigenvalue weighted by Crippen LogP contribution is 2.41. The summed E-state index contributed by atoms with van der Waals surface area (Å²) < 4.78 is 6.16. The zero-order valence-corrected chi connectivity index (χ0v) is 14.1. The second kappa shape index (κ2) is 6.13. The molecular formula is C17H17ClN2O2S. The summed E-state index contributed by atoms with van der Waals surface area (Å²) in [5, 5.41) is 0.645. The third-order valence-electron chi connectivity index (χ3n) is 4.84. The van der Waals surface area contributed by atoms with Gasteiger partial charge in [-0.1, -0.05) is 23.7 Å². The Morgan fingerprint density at radius 2 is 2.17 bits per heavy atom. The average Bonchev–Trinajstić information content (AvgIpc) is 3.26. The van der Waals surface area contributed by atoms with Gasteiger partial charge in [0.25, 0.3) is 5.91 Å². The lowest BCUT2D eigenvalue weighted by Crippen LogP contribution is -2.32. The van der Waals surface area contributed by atoms with Crippen molar-refractivity contribution in [2.75, 3.05) is 13.1 Å². The molecule has 23 heavy (non-hydrogen) atoms. The number of likely N-dealkylation sites (tertiary alicyclic amines) is 1. The lowest BCUT2D eigenvalue weighted by Gasteiger charge is -2.22. The number of hydrogen-bond acceptors (Lipinski definition) is 4. The first-order valence-corrected chi connectivity index (χ1v) is 9.07. The molecule has 0 unspecified atom stereocenters. The van der Waals surface area contributed by atoms with Gasteiger partial charge in [0.05, 0.1) is 16.7 Å². The fourth-order valence-corrected chi connectivity index (χ4v) is 4.48. The predicted molar refractivity (Wildman–Crippen MR) is 90.1 cm³/mol. The van der Waals surface area contributed by atoms with Gasteiger partial charge in [-0.05, 0) is 30.9 Å². The van der Waals surface area contributed by atoms with E-state index in [9.17, 15) is 4.79 Å². The number of fused-ring (bicyclic) bond motifs is 1. The van der Waals surface area contributed by atoms with Crippen LogP contribution < -0.4 is 4.74 Å². The molecule has 1 aliphatic carbocycles. The molecule has 0 bridgehead atoms. The number of halogens is 1. The number of ether oxygens (including phenoxy) is 1. The fourth-order valence-electron chi connectivity index (χ4n) is 3.71. The quantitative estimate of drug-likeness (QED) is 0.848. The van der Waals surface area contributed by atoms with Crippen LogP contribution in [0.1, 0.15) is 22.5 Å². The summed E-state index contributed by atoms with van der Waals surface area (Å²) in [5.41, 5.74) is 1.70. The van der Waals surface area contributed by atoms with Crippen molar-refractivity contribution >= 4 is 28.8 Å². The van der Waals surface area contributed by atoms with Crippen LogP contribution in [0.2, 0.25) is 5.02 Å². The molecule has 2 aromatic rings. The first kappa shape index (κ1) is 15.0. The molecular weight excluding hydrogens is 332 g/mol. The molecule has 0 spiro atoms. The van der Waals surface area contributed by atoms with Crippen LogP contribution in [0.25, 0.3) is 0 Å². The van der Waals surface area contributed by atoms with Crippen LogP contribution in [0.15, 0.2) is 36.0 Å². The van der Waals surface area contributed by atoms with Crippen LogP contribution in [0.4, 0.5) is 0 Å². The summed E-state index contributed by atoms with van der Waals surface area (Å²) >= 11 is 7.60. The lowest BCUT2D eigenvalue weighted by molar-refractivity contribution is 0.0767. The minimum Gasteiger partial charge on any atom is -0.489 e. The Hall–Kier alpha value is -1.59. The highest BCUT2D eigenvalue weighted by molar-refractivity contribution is 7.11. The molecule has 1 aromatic carbocycles. The van der Waals surface area contributed by atoms with Gasteiger partial charge >= 0.3 is 0 Å². The Bertz CT molecular complexity index is 706. The van der Waals surface area contributed by atoms with Crippen molar-refractivity contribution in [1.82, 2.24) is 9.88 Å². The number of amides is 1. The number of carbonyl (C=O) groups excluding carboxylic acids is 1. The zero-order chi connectivity index (χ0) is 15.8. The molecule has 1 saturated carbocycles. The maximum Gasteiger partial charge on any atom is 0.265 e. The monoisotopic (exact) mass is 348 g/mol. The molecule has 1 aromatic heterocycles. The van der Waals surface area contributed by atoms with Gasteiger partial charge in [0.2, 0.25) is 0 Å². The lowest BCUT2D eigenvalue weighted by atomic mass is 9.99. The van der Waals surface area contributed by atoms with Gasteiger partial charge in [-0.15, -0.1) is 11.3 Å². The second-order valence-corrected chi connectivity index (χ2v) is 7.46. The van der Waals surface area contributed by atoms with Crippen molar-refractivity contribution in [3.8, 4) is 5.75 Å². The molecule has 0 N–H and O–H groups in total. The highest BCUT2D eigenvalue weighted by atomic mass is 35.5. The van der Waals surface area contributed by atoms with Crippen LogP contribution in [-0.2, 0) is 0 Å². The Morgan fingerprint density at radius 1 is 1.30 bits per heavy atom. The van der Waals surface area contributed by atoms with Crippen LogP contribution in [-0.4, -0.2) is 35.0 Å². The smallest absolute Gasteiger partial charge is 0.265 e. The van der Waals surface area contributed by atoms with Crippen molar-refractivity contribution in [1.29, 1.82) is 0 Å². The molecule has 1 amide bonds. The maximum absolute atomic E-state index is 12.5. The van der Waals surface area contributed by atoms with Crippen molar-refractivity contribution in [3.05, 3.63) is 45.9 Å². The van der Waals surface area contributed by atoms with Crippen LogP contribution in [0, 0.1) is 11.8 Å². The van der Waals surface area contributed by atoms with E-state index < -0.39 is 0 Å². The average molecular weight is 349 g/mol. The van der Waals surface area contributed by atoms with E-state index in [2.05, 4.69) is 4.98 Å². The molecule has 4 nitrogen and oxygen atoms in total. The molecule has 2 fully saturated rings. The molecule has 0 radical (unpaired) electrons. The number of thiazole rings is 1. The summed E-state index contributed by atoms with van der Waals surface area (Å²) in [4.78, 5) is 19.2. The van der Waals surface area contributed by atoms with Crippen LogP contribution >= 0.6 is 22.9 Å². The Balaban J connectivity index is 1.45. The van der Waals surface area contributed by atoms with Gasteiger partial charge in [0.15, 0.2) is 0 Å². The van der Waals surface area contributed by atoms with Gasteiger partial charge in [0, 0.05) is 19.0 Å². The minimum atomic E-state index is 0.0957. The standard InChI is InChI=1S/C17H17ClN2O2S/c18-13-3-1-2-4-15(13)22-14-6-5-11-8-20(9-12(11)14)17(21)16-7-19-10-23-16/h1-4,7,10-12,14H,5-6,8-9H2/t11-,12+,14-/m0/s1. The Labute approximate surface area is 144 Å². The summed E-state index contributed by atoms with van der Waals surface area (Å²) in [6, 6.07) is 7.59. The van der Waals surface area contributed by atoms with Gasteiger partial charge < -0.3 is 9.64 Å². The van der Waals surface area contributed by atoms with Crippen molar-refractivity contribution < 1.29 is 9.53 Å². The molecule has 2 aliphatic rings. The van der Waals surface area contributed by atoms with Gasteiger partial charge in [-0.3, -0.25) is 9.78 Å². The first-order valence-electron chi connectivity index (χ1n) is 7.81. The molecule has 3 atom stereocenters. The van der Waals surface area contributed by atoms with E-state index >= 15 is 0 Å². The summed E-state index contributed by atoms with van der Waals surface area (Å²) in [7, 11) is 0. The normalized spacial score (nSPS) is 26.3. The number of hydrogen-bond donors (Lipinski definition) is 0. The second-order valence-electron chi connectivity index (χ2n) is 6.16. The number of aromatic nitrogens is 1. The summed E-state index contributed by atoms with van der Waals surface area (Å²) in [5.74, 6) is 1.76. The predicted octanol–water partition coefficient (Wildman–Crippen LogP) is 3.73. The van der Waals surface area contributed by atoms with E-state index in [1.165, 1.54) is 11.3 Å². The fraction of sp³-hybridized carbons (Fsp3) is 0.412. The molecule has 2 heterocycles. The maximum atomic E-state index is 12.5. The number of rotatable bonds is 3. The van der Waals surface area contributed by atoms with Crippen molar-refractivity contribution in [2.45, 2.75) is 18.9 Å². The SMILES string of the molecule is O=C(c1cncs1)N1C[C@@H]2CC[C@H](Oc3ccccc3Cl)[C@@H]2C1. The van der Waals surface area contributed by atoms with E-state index in [4.69, 9.17) is 16.3 Å². The zero-order valence-electron chi connectivity index (χ0n) is 12.5. The molecule has 1 saturated heterocycles. The Kier molecular flexibility index (Phi) is 3.99. The third kappa shape index (κ3) is 2.83. The largest absolute Gasteiger partial charge is 0.489 e. The van der Waals surface area contributed by atoms with E-state index in [-0.39, 0.29) is 12.0 Å². The number of para-hydroxylation sites is 1. The molecule has 6 heteroatoms. The van der Waals surface area contributed by atoms with E-state index in [0.29, 0.717) is 21.7 Å². The molecule has 1 aliphatic heterocycles. The number of benzene rings is 1. The Morgan fingerprint density at radius 3 is 2.96 bits per heavy atom. The first-order chi connectivity index (χ1) is 11.2.